The maximum Gasteiger partial charge on any atom is 0.162 e. The highest BCUT2D eigenvalue weighted by molar-refractivity contribution is 5.95. The first kappa shape index (κ1) is 27.0. The number of halogens is 1. The molecule has 0 radical (unpaired) electrons. The summed E-state index contributed by atoms with van der Waals surface area (Å²) < 4.78 is 20.7. The number of anilines is 1. The van der Waals surface area contributed by atoms with Gasteiger partial charge in [0.25, 0.3) is 0 Å². The third kappa shape index (κ3) is 5.63. The van der Waals surface area contributed by atoms with Crippen molar-refractivity contribution >= 4 is 27.9 Å². The van der Waals surface area contributed by atoms with Gasteiger partial charge in [-0.1, -0.05) is 0 Å². The number of ether oxygens (including phenoxy) is 1. The molecule has 1 aromatic carbocycles. The van der Waals surface area contributed by atoms with Crippen LogP contribution in [0.5, 0.6) is 5.75 Å². The van der Waals surface area contributed by atoms with E-state index in [-0.39, 0.29) is 11.9 Å². The zero-order chi connectivity index (χ0) is 29.3. The highest BCUT2D eigenvalue weighted by Gasteiger charge is 2.19. The number of imidazole rings is 1. The van der Waals surface area contributed by atoms with E-state index in [9.17, 15) is 4.39 Å². The van der Waals surface area contributed by atoms with Gasteiger partial charge in [0.15, 0.2) is 17.2 Å². The van der Waals surface area contributed by atoms with Crippen LogP contribution in [-0.2, 0) is 0 Å². The highest BCUT2D eigenvalue weighted by Crippen LogP contribution is 2.33. The number of nitrogens with one attached hydrogen (secondary N) is 3. The maximum atomic E-state index is 14.7. The molecule has 5 aromatic heterocycles. The summed E-state index contributed by atoms with van der Waals surface area (Å²) in [7, 11) is 0. The molecule has 0 amide bonds. The molecule has 0 spiro atoms. The van der Waals surface area contributed by atoms with E-state index in [1.54, 1.807) is 18.6 Å². The third-order valence-electron chi connectivity index (χ3n) is 7.56. The first-order valence-electron chi connectivity index (χ1n) is 14.6. The lowest BCUT2D eigenvalue weighted by atomic mass is 10.1. The summed E-state index contributed by atoms with van der Waals surface area (Å²) in [6, 6.07) is 12.8. The molecular formula is C32H32FN9O. The minimum absolute atomic E-state index is 0.283. The van der Waals surface area contributed by atoms with Crippen LogP contribution < -0.4 is 10.1 Å². The van der Waals surface area contributed by atoms with Crippen LogP contribution in [0.1, 0.15) is 26.7 Å². The quantitative estimate of drug-likeness (QED) is 0.190. The van der Waals surface area contributed by atoms with Crippen molar-refractivity contribution in [3.63, 3.8) is 0 Å². The Morgan fingerprint density at radius 2 is 1.88 bits per heavy atom. The van der Waals surface area contributed by atoms with Gasteiger partial charge in [-0.05, 0) is 81.7 Å². The molecule has 7 rings (SSSR count). The molecule has 0 aliphatic carbocycles. The van der Waals surface area contributed by atoms with Gasteiger partial charge < -0.3 is 15.0 Å². The number of aromatic nitrogens is 7. The van der Waals surface area contributed by atoms with Gasteiger partial charge in [0, 0.05) is 48.4 Å². The molecule has 218 valence electrons. The number of aromatic amines is 2. The van der Waals surface area contributed by atoms with E-state index in [1.807, 2.05) is 30.3 Å². The predicted molar refractivity (Wildman–Crippen MR) is 165 cm³/mol. The summed E-state index contributed by atoms with van der Waals surface area (Å²) in [6.07, 6.45) is 7.72. The van der Waals surface area contributed by atoms with Crippen LogP contribution in [0.25, 0.3) is 56.1 Å². The summed E-state index contributed by atoms with van der Waals surface area (Å²) in [5, 5.41) is 11.0. The van der Waals surface area contributed by atoms with Crippen molar-refractivity contribution in [1.82, 2.24) is 40.0 Å². The predicted octanol–water partition coefficient (Wildman–Crippen LogP) is 6.06. The Kier molecular flexibility index (Phi) is 7.15. The summed E-state index contributed by atoms with van der Waals surface area (Å²) in [5.41, 5.74) is 7.16. The fourth-order valence-electron chi connectivity index (χ4n) is 5.57. The standard InChI is InChI=1S/C32H32FN9O/c1-19(2)36-23-14-21(17-34-18-23)26-5-6-27-29(37-26)30(41-40-27)32-38-28-25(7-8-35-31(28)39-32)20-13-22(33)16-24(15-20)43-12-11-42-9-3-4-10-42/h5-8,13-19,36H,3-4,9-12H2,1-2H3,(H,40,41)(H,35,38,39). The van der Waals surface area contributed by atoms with Crippen molar-refractivity contribution in [3.8, 4) is 39.7 Å². The third-order valence-corrected chi connectivity index (χ3v) is 7.56. The van der Waals surface area contributed by atoms with Gasteiger partial charge in [0.05, 0.1) is 16.9 Å². The zero-order valence-electron chi connectivity index (χ0n) is 24.1. The molecule has 10 nitrogen and oxygen atoms in total. The monoisotopic (exact) mass is 577 g/mol. The Bertz CT molecular complexity index is 1910. The first-order valence-corrected chi connectivity index (χ1v) is 14.6. The van der Waals surface area contributed by atoms with E-state index in [0.29, 0.717) is 46.1 Å². The zero-order valence-corrected chi connectivity index (χ0v) is 24.1. The van der Waals surface area contributed by atoms with Crippen molar-refractivity contribution in [1.29, 1.82) is 0 Å². The van der Waals surface area contributed by atoms with Gasteiger partial charge >= 0.3 is 0 Å². The molecule has 43 heavy (non-hydrogen) atoms. The van der Waals surface area contributed by atoms with Gasteiger partial charge in [-0.15, -0.1) is 0 Å². The van der Waals surface area contributed by atoms with Crippen LogP contribution in [0.15, 0.2) is 61.1 Å². The van der Waals surface area contributed by atoms with Gasteiger partial charge in [0.1, 0.15) is 29.2 Å². The summed E-state index contributed by atoms with van der Waals surface area (Å²) in [5.74, 6) is 0.636. The number of fused-ring (bicyclic) bond motifs is 2. The molecule has 6 aromatic rings. The average molecular weight is 578 g/mol. The van der Waals surface area contributed by atoms with Gasteiger partial charge in [-0.3, -0.25) is 15.0 Å². The molecule has 1 aliphatic heterocycles. The first-order chi connectivity index (χ1) is 21.0. The van der Waals surface area contributed by atoms with Crippen LogP contribution in [0, 0.1) is 5.82 Å². The number of H-pyrrole nitrogens is 2. The molecule has 0 unspecified atom stereocenters. The highest BCUT2D eigenvalue weighted by atomic mass is 19.1. The Hall–Kier alpha value is -4.90. The lowest BCUT2D eigenvalue weighted by molar-refractivity contribution is 0.237. The largest absolute Gasteiger partial charge is 0.492 e. The average Bonchev–Trinajstić information content (AvgIpc) is 3.76. The topological polar surface area (TPSA) is 121 Å². The number of likely N-dealkylation sites (tertiary alicyclic amines) is 1. The summed E-state index contributed by atoms with van der Waals surface area (Å²) >= 11 is 0. The molecule has 3 N–H and O–H groups in total. The van der Waals surface area contributed by atoms with E-state index in [1.165, 1.54) is 25.0 Å². The van der Waals surface area contributed by atoms with Crippen LogP contribution in [0.3, 0.4) is 0 Å². The second kappa shape index (κ2) is 11.4. The Balaban J connectivity index is 1.21. The van der Waals surface area contributed by atoms with Gasteiger partial charge in [0.2, 0.25) is 0 Å². The molecular weight excluding hydrogens is 545 g/mol. The van der Waals surface area contributed by atoms with Gasteiger partial charge in [-0.2, -0.15) is 5.10 Å². The van der Waals surface area contributed by atoms with Crippen molar-refractivity contribution < 1.29 is 9.13 Å². The van der Waals surface area contributed by atoms with Crippen LogP contribution in [0.4, 0.5) is 10.1 Å². The van der Waals surface area contributed by atoms with E-state index >= 15 is 0 Å². The molecule has 1 fully saturated rings. The fourth-order valence-corrected chi connectivity index (χ4v) is 5.57. The number of hydrogen-bond donors (Lipinski definition) is 3. The SMILES string of the molecule is CC(C)Nc1cncc(-c2ccc3[nH]nc(-c4nc5c(-c6cc(F)cc(OCCN7CCCC7)c6)ccnc5[nH]4)c3n2)c1. The van der Waals surface area contributed by atoms with Crippen molar-refractivity contribution in [2.45, 2.75) is 32.7 Å². The molecule has 0 saturated carbocycles. The molecule has 0 atom stereocenters. The minimum atomic E-state index is -0.369. The fraction of sp³-hybridized carbons (Fsp3) is 0.281. The minimum Gasteiger partial charge on any atom is -0.492 e. The lowest BCUT2D eigenvalue weighted by Crippen LogP contribution is -2.25. The second-order valence-corrected chi connectivity index (χ2v) is 11.1. The molecule has 0 bridgehead atoms. The van der Waals surface area contributed by atoms with E-state index < -0.39 is 0 Å². The van der Waals surface area contributed by atoms with Crippen LogP contribution in [-0.4, -0.2) is 72.3 Å². The van der Waals surface area contributed by atoms with Crippen molar-refractivity contribution in [2.24, 2.45) is 0 Å². The van der Waals surface area contributed by atoms with Crippen molar-refractivity contribution in [2.75, 3.05) is 31.6 Å². The smallest absolute Gasteiger partial charge is 0.162 e. The molecule has 1 aliphatic rings. The molecule has 11 heteroatoms. The number of nitrogens with zero attached hydrogens (tertiary/aromatic N) is 6. The summed E-state index contributed by atoms with van der Waals surface area (Å²) in [6.45, 7) is 7.70. The normalized spacial score (nSPS) is 13.9. The molecule has 1 saturated heterocycles. The Labute approximate surface area is 247 Å². The number of hydrogen-bond acceptors (Lipinski definition) is 8. The number of rotatable bonds is 9. The van der Waals surface area contributed by atoms with Crippen LogP contribution >= 0.6 is 0 Å². The van der Waals surface area contributed by atoms with E-state index in [4.69, 9.17) is 14.7 Å². The lowest BCUT2D eigenvalue weighted by Gasteiger charge is -2.15. The number of benzene rings is 1. The molecule has 6 heterocycles. The van der Waals surface area contributed by atoms with Crippen molar-refractivity contribution in [3.05, 3.63) is 66.9 Å². The second-order valence-electron chi connectivity index (χ2n) is 11.1. The van der Waals surface area contributed by atoms with E-state index in [2.05, 4.69) is 49.2 Å². The number of pyridine rings is 3. The Morgan fingerprint density at radius 1 is 1.00 bits per heavy atom. The van der Waals surface area contributed by atoms with E-state index in [0.717, 1.165) is 47.7 Å². The maximum absolute atomic E-state index is 14.7. The summed E-state index contributed by atoms with van der Waals surface area (Å²) in [4.78, 5) is 24.3. The van der Waals surface area contributed by atoms with Crippen LogP contribution in [0.2, 0.25) is 0 Å². The Morgan fingerprint density at radius 3 is 2.74 bits per heavy atom. The van der Waals surface area contributed by atoms with Gasteiger partial charge in [-0.25, -0.2) is 19.3 Å².